The van der Waals surface area contributed by atoms with Crippen molar-refractivity contribution >= 4 is 0 Å². The molecule has 0 aromatic heterocycles. The zero-order valence-corrected chi connectivity index (χ0v) is 9.19. The van der Waals surface area contributed by atoms with E-state index >= 15 is 0 Å². The molecule has 82 valence electrons. The van der Waals surface area contributed by atoms with Crippen LogP contribution < -0.4 is 10.1 Å². The van der Waals surface area contributed by atoms with Crippen molar-refractivity contribution in [1.82, 2.24) is 5.32 Å². The molecule has 0 amide bonds. The van der Waals surface area contributed by atoms with Crippen LogP contribution in [0.5, 0.6) is 5.75 Å². The molecule has 0 spiro atoms. The van der Waals surface area contributed by atoms with Crippen molar-refractivity contribution in [3.63, 3.8) is 0 Å². The minimum Gasteiger partial charge on any atom is -0.497 e. The molecule has 0 radical (unpaired) electrons. The van der Waals surface area contributed by atoms with Crippen LogP contribution in [0.4, 0.5) is 0 Å². The maximum absolute atomic E-state index is 5.13. The Hall–Kier alpha value is -1.06. The molecule has 15 heavy (non-hydrogen) atoms. The van der Waals surface area contributed by atoms with Crippen molar-refractivity contribution in [3.8, 4) is 5.75 Å². The van der Waals surface area contributed by atoms with Gasteiger partial charge in [-0.25, -0.2) is 0 Å². The van der Waals surface area contributed by atoms with Crippen molar-refractivity contribution < 1.29 is 9.47 Å². The molecule has 2 rings (SSSR count). The molecular weight excluding hydrogens is 190 g/mol. The Bertz CT molecular complexity index is 306. The Kier molecular flexibility index (Phi) is 3.23. The maximum atomic E-state index is 5.13. The molecule has 1 saturated heterocycles. The van der Waals surface area contributed by atoms with Crippen LogP contribution in [0, 0.1) is 0 Å². The van der Waals surface area contributed by atoms with E-state index in [0.717, 1.165) is 19.0 Å². The second kappa shape index (κ2) is 4.64. The number of nitrogens with one attached hydrogen (secondary N) is 1. The molecule has 3 heteroatoms. The van der Waals surface area contributed by atoms with Crippen LogP contribution in [0.3, 0.4) is 0 Å². The Morgan fingerprint density at radius 1 is 1.33 bits per heavy atom. The van der Waals surface area contributed by atoms with E-state index < -0.39 is 0 Å². The van der Waals surface area contributed by atoms with E-state index in [1.54, 1.807) is 7.11 Å². The van der Waals surface area contributed by atoms with Gasteiger partial charge in [0, 0.05) is 6.04 Å². The summed E-state index contributed by atoms with van der Waals surface area (Å²) in [6.45, 7) is 3.83. The zero-order chi connectivity index (χ0) is 10.7. The monoisotopic (exact) mass is 207 g/mol. The number of methoxy groups -OCH3 is 1. The summed E-state index contributed by atoms with van der Waals surface area (Å²) in [5.41, 5.74) is 1.28. The fraction of sp³-hybridized carbons (Fsp3) is 0.500. The lowest BCUT2D eigenvalue weighted by molar-refractivity contribution is -0.00925. The van der Waals surface area contributed by atoms with Crippen LogP contribution >= 0.6 is 0 Å². The van der Waals surface area contributed by atoms with Crippen LogP contribution in [0.25, 0.3) is 0 Å². The minimum atomic E-state index is 0.366. The molecule has 0 unspecified atom stereocenters. The van der Waals surface area contributed by atoms with Gasteiger partial charge in [0.15, 0.2) is 0 Å². The Balaban J connectivity index is 1.94. The average Bonchev–Trinajstić information content (AvgIpc) is 2.23. The van der Waals surface area contributed by atoms with Crippen molar-refractivity contribution in [3.05, 3.63) is 29.8 Å². The van der Waals surface area contributed by atoms with E-state index in [4.69, 9.17) is 9.47 Å². The number of ether oxygens (including phenoxy) is 2. The lowest BCUT2D eigenvalue weighted by atomic mass is 10.1. The molecule has 1 N–H and O–H groups in total. The van der Waals surface area contributed by atoms with Gasteiger partial charge in [-0.15, -0.1) is 0 Å². The van der Waals surface area contributed by atoms with Gasteiger partial charge in [-0.2, -0.15) is 0 Å². The summed E-state index contributed by atoms with van der Waals surface area (Å²) < 4.78 is 10.2. The fourth-order valence-electron chi connectivity index (χ4n) is 1.67. The van der Waals surface area contributed by atoms with Gasteiger partial charge in [0.25, 0.3) is 0 Å². The van der Waals surface area contributed by atoms with Gasteiger partial charge in [0.1, 0.15) is 5.75 Å². The molecule has 0 aliphatic carbocycles. The van der Waals surface area contributed by atoms with Gasteiger partial charge in [-0.1, -0.05) is 12.1 Å². The van der Waals surface area contributed by atoms with Crippen molar-refractivity contribution in [2.75, 3.05) is 20.3 Å². The summed E-state index contributed by atoms with van der Waals surface area (Å²) in [5.74, 6) is 0.901. The predicted molar refractivity (Wildman–Crippen MR) is 59.2 cm³/mol. The zero-order valence-electron chi connectivity index (χ0n) is 9.19. The second-order valence-electron chi connectivity index (χ2n) is 3.90. The smallest absolute Gasteiger partial charge is 0.118 e. The summed E-state index contributed by atoms with van der Waals surface area (Å²) in [6.07, 6.45) is 0. The highest BCUT2D eigenvalue weighted by Gasteiger charge is 2.20. The fourth-order valence-corrected chi connectivity index (χ4v) is 1.67. The third kappa shape index (κ3) is 2.49. The molecule has 1 fully saturated rings. The molecule has 1 aromatic carbocycles. The quantitative estimate of drug-likeness (QED) is 0.815. The van der Waals surface area contributed by atoms with E-state index in [-0.39, 0.29) is 0 Å². The van der Waals surface area contributed by atoms with Crippen LogP contribution in [0.2, 0.25) is 0 Å². The average molecular weight is 207 g/mol. The first-order valence-corrected chi connectivity index (χ1v) is 5.27. The number of benzene rings is 1. The van der Waals surface area contributed by atoms with Gasteiger partial charge in [-0.3, -0.25) is 0 Å². The van der Waals surface area contributed by atoms with Crippen LogP contribution in [-0.2, 0) is 4.74 Å². The molecule has 1 aromatic rings. The van der Waals surface area contributed by atoms with E-state index in [1.165, 1.54) is 5.56 Å². The SMILES string of the molecule is COc1ccc([C@H](C)NC2COC2)cc1. The standard InChI is InChI=1S/C12H17NO2/c1-9(13-11-7-15-8-11)10-3-5-12(14-2)6-4-10/h3-6,9,11,13H,7-8H2,1-2H3/t9-/m0/s1. The number of hydrogen-bond acceptors (Lipinski definition) is 3. The summed E-state index contributed by atoms with van der Waals surface area (Å²) >= 11 is 0. The summed E-state index contributed by atoms with van der Waals surface area (Å²) in [6, 6.07) is 9.05. The summed E-state index contributed by atoms with van der Waals surface area (Å²) in [5, 5.41) is 3.50. The molecule has 0 bridgehead atoms. The van der Waals surface area contributed by atoms with Gasteiger partial charge in [-0.05, 0) is 24.6 Å². The topological polar surface area (TPSA) is 30.5 Å². The molecule has 1 aliphatic heterocycles. The highest BCUT2D eigenvalue weighted by atomic mass is 16.5. The third-order valence-corrected chi connectivity index (χ3v) is 2.74. The lowest BCUT2D eigenvalue weighted by Crippen LogP contribution is -2.46. The Labute approximate surface area is 90.4 Å². The van der Waals surface area contributed by atoms with Crippen LogP contribution in [0.1, 0.15) is 18.5 Å². The molecule has 3 nitrogen and oxygen atoms in total. The molecule has 1 aliphatic rings. The molecule has 0 saturated carbocycles. The largest absolute Gasteiger partial charge is 0.497 e. The highest BCUT2D eigenvalue weighted by Crippen LogP contribution is 2.18. The molecular formula is C12H17NO2. The first-order valence-electron chi connectivity index (χ1n) is 5.27. The normalized spacial score (nSPS) is 18.3. The molecule has 1 atom stereocenters. The first kappa shape index (κ1) is 10.5. The Morgan fingerprint density at radius 2 is 2.00 bits per heavy atom. The van der Waals surface area contributed by atoms with Gasteiger partial charge >= 0.3 is 0 Å². The summed E-state index contributed by atoms with van der Waals surface area (Å²) in [7, 11) is 1.68. The minimum absolute atomic E-state index is 0.366. The van der Waals surface area contributed by atoms with Gasteiger partial charge in [0.2, 0.25) is 0 Å². The van der Waals surface area contributed by atoms with Crippen molar-refractivity contribution in [1.29, 1.82) is 0 Å². The highest BCUT2D eigenvalue weighted by molar-refractivity contribution is 5.28. The lowest BCUT2D eigenvalue weighted by Gasteiger charge is -2.30. The Morgan fingerprint density at radius 3 is 2.47 bits per heavy atom. The second-order valence-corrected chi connectivity index (χ2v) is 3.90. The van der Waals surface area contributed by atoms with Gasteiger partial charge < -0.3 is 14.8 Å². The van der Waals surface area contributed by atoms with Crippen molar-refractivity contribution in [2.45, 2.75) is 19.0 Å². The maximum Gasteiger partial charge on any atom is 0.118 e. The predicted octanol–water partition coefficient (Wildman–Crippen LogP) is 1.74. The van der Waals surface area contributed by atoms with E-state index in [1.807, 2.05) is 12.1 Å². The first-order chi connectivity index (χ1) is 7.29. The van der Waals surface area contributed by atoms with E-state index in [2.05, 4.69) is 24.4 Å². The number of rotatable bonds is 4. The molecule has 1 heterocycles. The number of hydrogen-bond donors (Lipinski definition) is 1. The van der Waals surface area contributed by atoms with Crippen LogP contribution in [-0.4, -0.2) is 26.4 Å². The van der Waals surface area contributed by atoms with Crippen molar-refractivity contribution in [2.24, 2.45) is 0 Å². The third-order valence-electron chi connectivity index (χ3n) is 2.74. The van der Waals surface area contributed by atoms with Gasteiger partial charge in [0.05, 0.1) is 26.4 Å². The van der Waals surface area contributed by atoms with E-state index in [0.29, 0.717) is 12.1 Å². The summed E-state index contributed by atoms with van der Waals surface area (Å²) in [4.78, 5) is 0. The van der Waals surface area contributed by atoms with E-state index in [9.17, 15) is 0 Å². The van der Waals surface area contributed by atoms with Crippen LogP contribution in [0.15, 0.2) is 24.3 Å².